The zero-order chi connectivity index (χ0) is 20.5. The molecule has 148 valence electrons. The third-order valence-electron chi connectivity index (χ3n) is 4.79. The molecule has 7 heteroatoms. The highest BCUT2D eigenvalue weighted by Gasteiger charge is 2.18. The molecule has 29 heavy (non-hydrogen) atoms. The van der Waals surface area contributed by atoms with Crippen molar-refractivity contribution in [1.29, 1.82) is 0 Å². The lowest BCUT2D eigenvalue weighted by Crippen LogP contribution is -2.23. The van der Waals surface area contributed by atoms with Crippen LogP contribution in [0.5, 0.6) is 0 Å². The van der Waals surface area contributed by atoms with Crippen LogP contribution in [0.15, 0.2) is 60.8 Å². The molecule has 0 fully saturated rings. The number of hydrogen-bond donors (Lipinski definition) is 0. The predicted molar refractivity (Wildman–Crippen MR) is 113 cm³/mol. The molecule has 0 aliphatic carbocycles. The van der Waals surface area contributed by atoms with Crippen molar-refractivity contribution in [3.8, 4) is 0 Å². The molecule has 0 saturated heterocycles. The highest BCUT2D eigenvalue weighted by Crippen LogP contribution is 2.30. The second kappa shape index (κ2) is 8.01. The normalized spacial score (nSPS) is 11.2. The van der Waals surface area contributed by atoms with Crippen molar-refractivity contribution in [3.05, 3.63) is 93.6 Å². The highest BCUT2D eigenvalue weighted by molar-refractivity contribution is 6.31. The Bertz CT molecular complexity index is 1100. The molecule has 4 aromatic rings. The standard InChI is InChI=1S/C22H17Cl2F2N3/c1-28-11-14-10-15(8-9-22(14)27-28)29(12-16-18(23)4-2-6-20(16)25)13-17-19(24)5-3-7-21(17)26/h2-11H,12-13H2,1H3. The quantitative estimate of drug-likeness (QED) is 0.366. The fourth-order valence-corrected chi connectivity index (χ4v) is 3.77. The summed E-state index contributed by atoms with van der Waals surface area (Å²) in [5, 5.41) is 5.93. The van der Waals surface area contributed by atoms with Crippen LogP contribution < -0.4 is 4.90 Å². The first-order valence-electron chi connectivity index (χ1n) is 8.96. The number of benzene rings is 3. The molecule has 0 bridgehead atoms. The lowest BCUT2D eigenvalue weighted by atomic mass is 10.1. The van der Waals surface area contributed by atoms with Gasteiger partial charge in [-0.3, -0.25) is 4.68 Å². The van der Waals surface area contributed by atoms with Gasteiger partial charge in [0, 0.05) is 58.6 Å². The van der Waals surface area contributed by atoms with E-state index in [1.165, 1.54) is 12.1 Å². The molecule has 3 nitrogen and oxygen atoms in total. The van der Waals surface area contributed by atoms with Gasteiger partial charge in [0.1, 0.15) is 11.6 Å². The van der Waals surface area contributed by atoms with Crippen LogP contribution in [-0.4, -0.2) is 9.78 Å². The minimum atomic E-state index is -0.412. The van der Waals surface area contributed by atoms with Crippen molar-refractivity contribution in [1.82, 2.24) is 9.78 Å². The van der Waals surface area contributed by atoms with Crippen molar-refractivity contribution >= 4 is 39.8 Å². The molecular formula is C22H17Cl2F2N3. The van der Waals surface area contributed by atoms with Gasteiger partial charge in [-0.05, 0) is 42.5 Å². The van der Waals surface area contributed by atoms with Gasteiger partial charge in [-0.2, -0.15) is 5.10 Å². The molecule has 0 unspecified atom stereocenters. The molecule has 3 aromatic carbocycles. The molecule has 0 N–H and O–H groups in total. The van der Waals surface area contributed by atoms with Crippen molar-refractivity contribution in [2.45, 2.75) is 13.1 Å². The summed E-state index contributed by atoms with van der Waals surface area (Å²) < 4.78 is 30.6. The van der Waals surface area contributed by atoms with E-state index < -0.39 is 11.6 Å². The first kappa shape index (κ1) is 19.7. The number of nitrogens with zero attached hydrogens (tertiary/aromatic N) is 3. The zero-order valence-electron chi connectivity index (χ0n) is 15.5. The Morgan fingerprint density at radius 3 is 2.03 bits per heavy atom. The number of aromatic nitrogens is 2. The van der Waals surface area contributed by atoms with Crippen LogP contribution >= 0.6 is 23.2 Å². The van der Waals surface area contributed by atoms with E-state index in [2.05, 4.69) is 5.10 Å². The summed E-state index contributed by atoms with van der Waals surface area (Å²) in [5.41, 5.74) is 2.30. The Labute approximate surface area is 177 Å². The van der Waals surface area contributed by atoms with Gasteiger partial charge < -0.3 is 4.90 Å². The SMILES string of the molecule is Cn1cc2cc(N(Cc3c(F)cccc3Cl)Cc3c(F)cccc3Cl)ccc2n1. The second-order valence-electron chi connectivity index (χ2n) is 6.80. The predicted octanol–water partition coefficient (Wildman–Crippen LogP) is 6.37. The average molecular weight is 432 g/mol. The molecule has 0 aliphatic heterocycles. The van der Waals surface area contributed by atoms with E-state index in [4.69, 9.17) is 23.2 Å². The third-order valence-corrected chi connectivity index (χ3v) is 5.50. The fourth-order valence-electron chi connectivity index (χ4n) is 3.32. The number of halogens is 4. The maximum Gasteiger partial charge on any atom is 0.129 e. The highest BCUT2D eigenvalue weighted by atomic mass is 35.5. The zero-order valence-corrected chi connectivity index (χ0v) is 17.1. The molecule has 0 saturated carbocycles. The number of fused-ring (bicyclic) bond motifs is 1. The van der Waals surface area contributed by atoms with E-state index in [-0.39, 0.29) is 13.1 Å². The summed E-state index contributed by atoms with van der Waals surface area (Å²) in [6.45, 7) is 0.309. The topological polar surface area (TPSA) is 21.1 Å². The van der Waals surface area contributed by atoms with Crippen LogP contribution in [0.1, 0.15) is 11.1 Å². The van der Waals surface area contributed by atoms with Gasteiger partial charge in [0.2, 0.25) is 0 Å². The van der Waals surface area contributed by atoms with Gasteiger partial charge in [-0.25, -0.2) is 8.78 Å². The van der Waals surface area contributed by atoms with E-state index in [0.717, 1.165) is 16.6 Å². The minimum absolute atomic E-state index is 0.155. The molecule has 4 rings (SSSR count). The van der Waals surface area contributed by atoms with Crippen molar-refractivity contribution in [2.24, 2.45) is 7.05 Å². The van der Waals surface area contributed by atoms with E-state index in [9.17, 15) is 8.78 Å². The van der Waals surface area contributed by atoms with Crippen LogP contribution in [-0.2, 0) is 20.1 Å². The summed E-state index contributed by atoms with van der Waals surface area (Å²) in [7, 11) is 1.84. The van der Waals surface area contributed by atoms with E-state index in [0.29, 0.717) is 21.2 Å². The number of rotatable bonds is 5. The van der Waals surface area contributed by atoms with Gasteiger partial charge >= 0.3 is 0 Å². The Hall–Kier alpha value is -2.63. The second-order valence-corrected chi connectivity index (χ2v) is 7.62. The minimum Gasteiger partial charge on any atom is -0.363 e. The van der Waals surface area contributed by atoms with E-state index >= 15 is 0 Å². The van der Waals surface area contributed by atoms with Crippen molar-refractivity contribution in [2.75, 3.05) is 4.90 Å². The third kappa shape index (κ3) is 4.07. The van der Waals surface area contributed by atoms with Crippen LogP contribution in [0.4, 0.5) is 14.5 Å². The van der Waals surface area contributed by atoms with Gasteiger partial charge in [-0.1, -0.05) is 35.3 Å². The Balaban J connectivity index is 1.79. The number of aryl methyl sites for hydroxylation is 1. The van der Waals surface area contributed by atoms with Gasteiger partial charge in [0.05, 0.1) is 5.52 Å². The lowest BCUT2D eigenvalue weighted by molar-refractivity contribution is 0.592. The van der Waals surface area contributed by atoms with E-state index in [1.54, 1.807) is 28.9 Å². The monoisotopic (exact) mass is 431 g/mol. The first-order chi connectivity index (χ1) is 13.9. The van der Waals surface area contributed by atoms with Gasteiger partial charge in [0.25, 0.3) is 0 Å². The summed E-state index contributed by atoms with van der Waals surface area (Å²) in [6.07, 6.45) is 1.89. The smallest absolute Gasteiger partial charge is 0.129 e. The van der Waals surface area contributed by atoms with E-state index in [1.807, 2.05) is 36.3 Å². The largest absolute Gasteiger partial charge is 0.363 e. The van der Waals surface area contributed by atoms with Crippen molar-refractivity contribution in [3.63, 3.8) is 0 Å². The maximum absolute atomic E-state index is 14.5. The summed E-state index contributed by atoms with van der Waals surface area (Å²) in [5.74, 6) is -0.825. The summed E-state index contributed by atoms with van der Waals surface area (Å²) in [4.78, 5) is 1.85. The Kier molecular flexibility index (Phi) is 5.43. The number of hydrogen-bond acceptors (Lipinski definition) is 2. The van der Waals surface area contributed by atoms with Crippen LogP contribution in [0, 0.1) is 11.6 Å². The van der Waals surface area contributed by atoms with Crippen molar-refractivity contribution < 1.29 is 8.78 Å². The number of anilines is 1. The van der Waals surface area contributed by atoms with Crippen LogP contribution in [0.3, 0.4) is 0 Å². The molecule has 1 aromatic heterocycles. The molecular weight excluding hydrogens is 415 g/mol. The molecule has 0 atom stereocenters. The summed E-state index contributed by atoms with van der Waals surface area (Å²) >= 11 is 12.5. The fraction of sp³-hybridized carbons (Fsp3) is 0.136. The van der Waals surface area contributed by atoms with Crippen LogP contribution in [0.25, 0.3) is 10.9 Å². The maximum atomic E-state index is 14.5. The van der Waals surface area contributed by atoms with Crippen LogP contribution in [0.2, 0.25) is 10.0 Å². The Morgan fingerprint density at radius 2 is 1.48 bits per heavy atom. The lowest BCUT2D eigenvalue weighted by Gasteiger charge is -2.26. The molecule has 0 aliphatic rings. The molecule has 0 amide bonds. The summed E-state index contributed by atoms with van der Waals surface area (Å²) in [6, 6.07) is 14.8. The first-order valence-corrected chi connectivity index (χ1v) is 9.72. The molecule has 0 radical (unpaired) electrons. The Morgan fingerprint density at radius 1 is 0.897 bits per heavy atom. The van der Waals surface area contributed by atoms with Gasteiger partial charge in [-0.15, -0.1) is 0 Å². The molecule has 1 heterocycles. The average Bonchev–Trinajstić information content (AvgIpc) is 3.05. The molecule has 0 spiro atoms. The van der Waals surface area contributed by atoms with Gasteiger partial charge in [0.15, 0.2) is 0 Å².